The van der Waals surface area contributed by atoms with Gasteiger partial charge in [-0.05, 0) is 18.6 Å². The molecule has 2 aromatic carbocycles. The standard InChI is InChI=1S/C20H21NO5/c1-2-7-25-14-3-4-15-17(12-14)26-18-11-13(21-5-8-24-9-6-21)10-16(22)19(18)20(15)23/h3-4,10-12,22H,2,5-9H2,1H3. The number of morpholine rings is 1. The maximum atomic E-state index is 12.8. The smallest absolute Gasteiger partial charge is 0.204 e. The van der Waals surface area contributed by atoms with Gasteiger partial charge in [0.2, 0.25) is 5.43 Å². The summed E-state index contributed by atoms with van der Waals surface area (Å²) in [5, 5.41) is 11.1. The zero-order valence-corrected chi connectivity index (χ0v) is 14.7. The number of aromatic hydroxyl groups is 1. The highest BCUT2D eigenvalue weighted by Gasteiger charge is 2.17. The molecule has 0 unspecified atom stereocenters. The molecule has 1 saturated heterocycles. The molecule has 0 radical (unpaired) electrons. The van der Waals surface area contributed by atoms with Gasteiger partial charge in [-0.1, -0.05) is 6.92 Å². The predicted molar refractivity (Wildman–Crippen MR) is 100 cm³/mol. The number of phenolic OH excluding ortho intramolecular Hbond substituents is 1. The SMILES string of the molecule is CCCOc1ccc2c(=O)c3c(O)cc(N4CCOCC4)cc3oc2c1. The van der Waals surface area contributed by atoms with Crippen molar-refractivity contribution in [1.29, 1.82) is 0 Å². The normalized spacial score (nSPS) is 14.9. The van der Waals surface area contributed by atoms with Crippen molar-refractivity contribution in [1.82, 2.24) is 0 Å². The monoisotopic (exact) mass is 355 g/mol. The van der Waals surface area contributed by atoms with Crippen molar-refractivity contribution in [2.75, 3.05) is 37.8 Å². The summed E-state index contributed by atoms with van der Waals surface area (Å²) in [4.78, 5) is 14.9. The van der Waals surface area contributed by atoms with Gasteiger partial charge in [0.1, 0.15) is 28.1 Å². The fourth-order valence-electron chi connectivity index (χ4n) is 3.24. The van der Waals surface area contributed by atoms with Gasteiger partial charge in [-0.3, -0.25) is 4.79 Å². The highest BCUT2D eigenvalue weighted by Crippen LogP contribution is 2.32. The molecule has 2 heterocycles. The first-order chi connectivity index (χ1) is 12.7. The van der Waals surface area contributed by atoms with E-state index in [4.69, 9.17) is 13.9 Å². The molecule has 0 bridgehead atoms. The van der Waals surface area contributed by atoms with E-state index in [9.17, 15) is 9.90 Å². The maximum Gasteiger partial charge on any atom is 0.204 e. The summed E-state index contributed by atoms with van der Waals surface area (Å²) < 4.78 is 17.0. The van der Waals surface area contributed by atoms with E-state index in [1.807, 2.05) is 6.92 Å². The van der Waals surface area contributed by atoms with Gasteiger partial charge < -0.3 is 23.9 Å². The number of phenols is 1. The maximum absolute atomic E-state index is 12.8. The van der Waals surface area contributed by atoms with Crippen LogP contribution in [0, 0.1) is 0 Å². The summed E-state index contributed by atoms with van der Waals surface area (Å²) in [6, 6.07) is 8.58. The van der Waals surface area contributed by atoms with Crippen molar-refractivity contribution in [3.8, 4) is 11.5 Å². The fraction of sp³-hybridized carbons (Fsp3) is 0.350. The number of nitrogens with zero attached hydrogens (tertiary/aromatic N) is 1. The third kappa shape index (κ3) is 2.97. The molecule has 1 aliphatic rings. The summed E-state index contributed by atoms with van der Waals surface area (Å²) in [5.74, 6) is 0.598. The highest BCUT2D eigenvalue weighted by atomic mass is 16.5. The van der Waals surface area contributed by atoms with Crippen molar-refractivity contribution in [3.05, 3.63) is 40.6 Å². The molecule has 26 heavy (non-hydrogen) atoms. The lowest BCUT2D eigenvalue weighted by Gasteiger charge is -2.29. The Morgan fingerprint density at radius 2 is 1.96 bits per heavy atom. The van der Waals surface area contributed by atoms with E-state index in [1.165, 1.54) is 0 Å². The van der Waals surface area contributed by atoms with E-state index in [0.717, 1.165) is 25.2 Å². The van der Waals surface area contributed by atoms with Gasteiger partial charge in [-0.2, -0.15) is 0 Å². The van der Waals surface area contributed by atoms with Crippen LogP contribution in [-0.2, 0) is 4.74 Å². The Morgan fingerprint density at radius 1 is 1.15 bits per heavy atom. The number of benzene rings is 2. The van der Waals surface area contributed by atoms with Gasteiger partial charge >= 0.3 is 0 Å². The molecule has 4 rings (SSSR count). The fourth-order valence-corrected chi connectivity index (χ4v) is 3.24. The van der Waals surface area contributed by atoms with Crippen molar-refractivity contribution >= 4 is 27.6 Å². The highest BCUT2D eigenvalue weighted by molar-refractivity contribution is 5.95. The molecule has 1 aliphatic heterocycles. The first kappa shape index (κ1) is 16.7. The molecule has 1 fully saturated rings. The molecule has 6 heteroatoms. The Kier molecular flexibility index (Phi) is 4.42. The summed E-state index contributed by atoms with van der Waals surface area (Å²) in [6.45, 7) is 5.38. The third-order valence-electron chi connectivity index (χ3n) is 4.56. The topological polar surface area (TPSA) is 72.1 Å². The molecule has 1 aromatic heterocycles. The predicted octanol–water partition coefficient (Wildman–Crippen LogP) is 3.28. The number of rotatable bonds is 4. The Labute approximate surface area is 150 Å². The zero-order valence-electron chi connectivity index (χ0n) is 14.7. The van der Waals surface area contributed by atoms with Crippen LogP contribution in [0.25, 0.3) is 21.9 Å². The summed E-state index contributed by atoms with van der Waals surface area (Å²) in [5.41, 5.74) is 1.40. The Balaban J connectivity index is 1.86. The van der Waals surface area contributed by atoms with Crippen molar-refractivity contribution in [2.45, 2.75) is 13.3 Å². The van der Waals surface area contributed by atoms with Gasteiger partial charge in [-0.15, -0.1) is 0 Å². The Morgan fingerprint density at radius 3 is 2.73 bits per heavy atom. The molecular formula is C20H21NO5. The van der Waals surface area contributed by atoms with Gasteiger partial charge in [0.05, 0.1) is 25.2 Å². The molecule has 0 amide bonds. The van der Waals surface area contributed by atoms with Crippen LogP contribution in [-0.4, -0.2) is 38.0 Å². The number of ether oxygens (including phenoxy) is 2. The van der Waals surface area contributed by atoms with Crippen LogP contribution < -0.4 is 15.1 Å². The second-order valence-corrected chi connectivity index (χ2v) is 6.38. The van der Waals surface area contributed by atoms with Crippen molar-refractivity contribution < 1.29 is 19.0 Å². The zero-order chi connectivity index (χ0) is 18.1. The van der Waals surface area contributed by atoms with Crippen LogP contribution in [0.5, 0.6) is 11.5 Å². The Hall–Kier alpha value is -2.73. The average molecular weight is 355 g/mol. The van der Waals surface area contributed by atoms with Gasteiger partial charge in [0, 0.05) is 37.0 Å². The lowest BCUT2D eigenvalue weighted by molar-refractivity contribution is 0.122. The molecule has 3 aromatic rings. The molecule has 0 aliphatic carbocycles. The number of anilines is 1. The molecule has 136 valence electrons. The Bertz CT molecular complexity index is 1000. The van der Waals surface area contributed by atoms with Crippen molar-refractivity contribution in [3.63, 3.8) is 0 Å². The minimum atomic E-state index is -0.241. The molecule has 6 nitrogen and oxygen atoms in total. The van der Waals surface area contributed by atoms with Crippen LogP contribution in [0.2, 0.25) is 0 Å². The minimum absolute atomic E-state index is 0.0639. The summed E-state index contributed by atoms with van der Waals surface area (Å²) >= 11 is 0. The molecule has 0 saturated carbocycles. The van der Waals surface area contributed by atoms with Gasteiger partial charge in [-0.25, -0.2) is 0 Å². The quantitative estimate of drug-likeness (QED) is 0.724. The van der Waals surface area contributed by atoms with Crippen molar-refractivity contribution in [2.24, 2.45) is 0 Å². The number of hydrogen-bond donors (Lipinski definition) is 1. The van der Waals surface area contributed by atoms with Gasteiger partial charge in [0.15, 0.2) is 0 Å². The second-order valence-electron chi connectivity index (χ2n) is 6.38. The van der Waals surface area contributed by atoms with Crippen LogP contribution in [0.1, 0.15) is 13.3 Å². The van der Waals surface area contributed by atoms with E-state index < -0.39 is 0 Å². The molecule has 1 N–H and O–H groups in total. The lowest BCUT2D eigenvalue weighted by atomic mass is 10.1. The minimum Gasteiger partial charge on any atom is -0.507 e. The van der Waals surface area contributed by atoms with E-state index >= 15 is 0 Å². The average Bonchev–Trinajstić information content (AvgIpc) is 2.66. The van der Waals surface area contributed by atoms with Crippen LogP contribution in [0.3, 0.4) is 0 Å². The first-order valence-electron chi connectivity index (χ1n) is 8.86. The van der Waals surface area contributed by atoms with E-state index in [1.54, 1.807) is 30.3 Å². The van der Waals surface area contributed by atoms with Crippen LogP contribution in [0.15, 0.2) is 39.5 Å². The number of hydrogen-bond acceptors (Lipinski definition) is 6. The lowest BCUT2D eigenvalue weighted by Crippen LogP contribution is -2.36. The van der Waals surface area contributed by atoms with Crippen LogP contribution in [0.4, 0.5) is 5.69 Å². The molecule has 0 atom stereocenters. The molecule has 0 spiro atoms. The van der Waals surface area contributed by atoms with Crippen LogP contribution >= 0.6 is 0 Å². The summed E-state index contributed by atoms with van der Waals surface area (Å²) in [7, 11) is 0. The van der Waals surface area contributed by atoms with E-state index in [0.29, 0.717) is 42.1 Å². The largest absolute Gasteiger partial charge is 0.507 e. The second kappa shape index (κ2) is 6.88. The van der Waals surface area contributed by atoms with Gasteiger partial charge in [0.25, 0.3) is 0 Å². The first-order valence-corrected chi connectivity index (χ1v) is 8.86. The number of fused-ring (bicyclic) bond motifs is 2. The summed E-state index contributed by atoms with van der Waals surface area (Å²) in [6.07, 6.45) is 0.899. The van der Waals surface area contributed by atoms with E-state index in [-0.39, 0.29) is 16.6 Å². The van der Waals surface area contributed by atoms with E-state index in [2.05, 4.69) is 4.90 Å². The third-order valence-corrected chi connectivity index (χ3v) is 4.56. The molecular weight excluding hydrogens is 334 g/mol.